The van der Waals surface area contributed by atoms with E-state index in [1.54, 1.807) is 4.72 Å². The molecule has 1 rings (SSSR count). The Bertz CT molecular complexity index is 799. The molecule has 0 aliphatic carbocycles. The van der Waals surface area contributed by atoms with Gasteiger partial charge in [-0.25, -0.2) is 0 Å². The van der Waals surface area contributed by atoms with Gasteiger partial charge in [-0.3, -0.25) is 9.59 Å². The monoisotopic (exact) mass is 452 g/mol. The van der Waals surface area contributed by atoms with E-state index in [1.807, 2.05) is 0 Å². The van der Waals surface area contributed by atoms with Gasteiger partial charge in [0.05, 0.1) is 12.1 Å². The summed E-state index contributed by atoms with van der Waals surface area (Å²) in [6.45, 7) is 1.59. The number of aliphatic hydroxyl groups is 1. The molecule has 172 valence electrons. The van der Waals surface area contributed by atoms with Crippen molar-refractivity contribution in [3.8, 4) is 0 Å². The third kappa shape index (κ3) is 8.68. The predicted octanol–water partition coefficient (Wildman–Crippen LogP) is -1.64. The Morgan fingerprint density at radius 2 is 1.77 bits per heavy atom. The van der Waals surface area contributed by atoms with Crippen LogP contribution in [0.25, 0.3) is 0 Å². The lowest BCUT2D eigenvalue weighted by atomic mass is 10.1. The Hall–Kier alpha value is -2.17. The molecule has 30 heavy (non-hydrogen) atoms. The van der Waals surface area contributed by atoms with E-state index in [2.05, 4.69) is 14.9 Å². The second-order valence-corrected chi connectivity index (χ2v) is 8.13. The Labute approximate surface area is 173 Å². The first-order chi connectivity index (χ1) is 14.0. The Morgan fingerprint density at radius 1 is 1.13 bits per heavy atom. The summed E-state index contributed by atoms with van der Waals surface area (Å²) in [6.07, 6.45) is -0.266. The molecule has 9 N–H and O–H groups in total. The van der Waals surface area contributed by atoms with Gasteiger partial charge in [0.2, 0.25) is 11.8 Å². The van der Waals surface area contributed by atoms with Crippen molar-refractivity contribution < 1.29 is 37.7 Å². The van der Waals surface area contributed by atoms with Crippen LogP contribution in [-0.2, 0) is 19.8 Å². The minimum atomic E-state index is -4.50. The van der Waals surface area contributed by atoms with E-state index in [9.17, 15) is 23.1 Å². The molecule has 0 spiro atoms. The predicted molar refractivity (Wildman–Crippen MR) is 102 cm³/mol. The molecule has 2 unspecified atom stereocenters. The van der Waals surface area contributed by atoms with Gasteiger partial charge in [0.15, 0.2) is 0 Å². The molecular weight excluding hydrogens is 424 g/mol. The van der Waals surface area contributed by atoms with Crippen LogP contribution >= 0.6 is 0 Å². The number of hydrogen-bond acceptors (Lipinski definition) is 10. The quantitative estimate of drug-likeness (QED) is 0.148. The third-order valence-electron chi connectivity index (χ3n) is 4.02. The van der Waals surface area contributed by atoms with Gasteiger partial charge in [-0.2, -0.15) is 17.9 Å². The van der Waals surface area contributed by atoms with Gasteiger partial charge in [0.1, 0.15) is 12.1 Å². The lowest BCUT2D eigenvalue weighted by molar-refractivity contribution is -0.141. The highest BCUT2D eigenvalue weighted by Crippen LogP contribution is 2.22. The molecular formula is C15H28N6O8S. The number of aliphatic hydroxyl groups excluding tert-OH is 1. The SMILES string of the molecule is CC(O)C(NS(=O)(=O)N[C@@H](CCC(=O)O)c1nnc([C@@H](N)CCCCN)o1)C(=O)O. The summed E-state index contributed by atoms with van der Waals surface area (Å²) in [5.41, 5.74) is 11.4. The van der Waals surface area contributed by atoms with Crippen LogP contribution in [-0.4, -0.2) is 64.6 Å². The summed E-state index contributed by atoms with van der Waals surface area (Å²) in [7, 11) is -4.50. The molecule has 1 aromatic rings. The first kappa shape index (κ1) is 25.9. The van der Waals surface area contributed by atoms with E-state index in [4.69, 9.17) is 26.1 Å². The minimum Gasteiger partial charge on any atom is -0.481 e. The van der Waals surface area contributed by atoms with E-state index >= 15 is 0 Å². The van der Waals surface area contributed by atoms with Crippen molar-refractivity contribution in [2.45, 2.75) is 63.3 Å². The minimum absolute atomic E-state index is 0.0434. The van der Waals surface area contributed by atoms with Crippen molar-refractivity contribution in [3.05, 3.63) is 11.8 Å². The van der Waals surface area contributed by atoms with Gasteiger partial charge < -0.3 is 31.2 Å². The summed E-state index contributed by atoms with van der Waals surface area (Å²) < 4.78 is 33.9. The van der Waals surface area contributed by atoms with Crippen molar-refractivity contribution in [2.75, 3.05) is 6.54 Å². The van der Waals surface area contributed by atoms with Crippen LogP contribution in [0.3, 0.4) is 0 Å². The van der Waals surface area contributed by atoms with Crippen molar-refractivity contribution in [1.29, 1.82) is 0 Å². The van der Waals surface area contributed by atoms with E-state index in [0.717, 1.165) is 13.3 Å². The van der Waals surface area contributed by atoms with E-state index in [1.165, 1.54) is 0 Å². The van der Waals surface area contributed by atoms with Crippen molar-refractivity contribution in [2.24, 2.45) is 11.5 Å². The number of aliphatic carboxylic acids is 2. The second kappa shape index (κ2) is 11.9. The lowest BCUT2D eigenvalue weighted by Gasteiger charge is -2.20. The van der Waals surface area contributed by atoms with Crippen LogP contribution in [0.1, 0.15) is 62.9 Å². The summed E-state index contributed by atoms with van der Waals surface area (Å²) in [5, 5.41) is 34.9. The van der Waals surface area contributed by atoms with Gasteiger partial charge in [0, 0.05) is 6.42 Å². The van der Waals surface area contributed by atoms with Crippen molar-refractivity contribution in [3.63, 3.8) is 0 Å². The zero-order valence-corrected chi connectivity index (χ0v) is 17.2. The smallest absolute Gasteiger partial charge is 0.324 e. The van der Waals surface area contributed by atoms with E-state index in [-0.39, 0.29) is 18.2 Å². The second-order valence-electron chi connectivity index (χ2n) is 6.65. The number of carboxylic acids is 2. The number of aromatic nitrogens is 2. The maximum absolute atomic E-state index is 12.3. The fraction of sp³-hybridized carbons (Fsp3) is 0.733. The average Bonchev–Trinajstić information content (AvgIpc) is 3.13. The molecule has 0 aromatic carbocycles. The molecule has 0 radical (unpaired) electrons. The van der Waals surface area contributed by atoms with Gasteiger partial charge in [-0.05, 0) is 32.7 Å². The largest absolute Gasteiger partial charge is 0.481 e. The Kier molecular flexibility index (Phi) is 10.2. The Balaban J connectivity index is 2.99. The number of nitrogens with one attached hydrogen (secondary N) is 2. The molecule has 0 saturated heterocycles. The number of hydrogen-bond donors (Lipinski definition) is 7. The number of nitrogens with zero attached hydrogens (tertiary/aromatic N) is 2. The van der Waals surface area contributed by atoms with Crippen LogP contribution in [0.5, 0.6) is 0 Å². The first-order valence-corrected chi connectivity index (χ1v) is 10.7. The van der Waals surface area contributed by atoms with Crippen LogP contribution in [0, 0.1) is 0 Å². The third-order valence-corrected chi connectivity index (χ3v) is 5.17. The molecule has 0 fully saturated rings. The molecule has 1 aromatic heterocycles. The number of carboxylic acid groups (broad SMARTS) is 2. The molecule has 0 saturated carbocycles. The highest BCUT2D eigenvalue weighted by Gasteiger charge is 2.32. The van der Waals surface area contributed by atoms with Crippen LogP contribution in [0.15, 0.2) is 4.42 Å². The van der Waals surface area contributed by atoms with Gasteiger partial charge >= 0.3 is 11.9 Å². The van der Waals surface area contributed by atoms with Gasteiger partial charge in [-0.15, -0.1) is 10.2 Å². The molecule has 0 bridgehead atoms. The summed E-state index contributed by atoms with van der Waals surface area (Å²) in [6, 6.07) is -3.70. The zero-order chi connectivity index (χ0) is 22.9. The molecule has 0 amide bonds. The standard InChI is InChI=1S/C15H28N6O8S/c1-8(22)12(15(25)26)21-30(27,28)20-10(5-6-11(23)24)14-19-18-13(29-14)9(17)4-2-3-7-16/h8-10,12,20-22H,2-7,16-17H2,1H3,(H,23,24)(H,25,26)/t8?,9-,10-,12?/m0/s1. The summed E-state index contributed by atoms with van der Waals surface area (Å²) in [5.74, 6) is -2.98. The normalized spacial score (nSPS) is 16.0. The molecule has 0 aliphatic rings. The zero-order valence-electron chi connectivity index (χ0n) is 16.4. The summed E-state index contributed by atoms with van der Waals surface area (Å²) in [4.78, 5) is 22.0. The molecule has 1 heterocycles. The highest BCUT2D eigenvalue weighted by atomic mass is 32.2. The van der Waals surface area contributed by atoms with Gasteiger partial charge in [0.25, 0.3) is 10.2 Å². The van der Waals surface area contributed by atoms with Crippen molar-refractivity contribution in [1.82, 2.24) is 19.6 Å². The maximum atomic E-state index is 12.3. The van der Waals surface area contributed by atoms with Crippen molar-refractivity contribution >= 4 is 22.1 Å². The van der Waals surface area contributed by atoms with E-state index < -0.39 is 52.8 Å². The average molecular weight is 452 g/mol. The molecule has 14 nitrogen and oxygen atoms in total. The number of carbonyl (C=O) groups is 2. The van der Waals surface area contributed by atoms with E-state index in [0.29, 0.717) is 19.4 Å². The number of rotatable bonds is 15. The first-order valence-electron chi connectivity index (χ1n) is 9.18. The number of unbranched alkanes of at least 4 members (excludes halogenated alkanes) is 1. The topological polar surface area (TPSA) is 244 Å². The van der Waals surface area contributed by atoms with Gasteiger partial charge in [-0.1, -0.05) is 6.42 Å². The van der Waals surface area contributed by atoms with Crippen LogP contribution in [0.2, 0.25) is 0 Å². The lowest BCUT2D eigenvalue weighted by Crippen LogP contribution is -2.52. The fourth-order valence-corrected chi connectivity index (χ4v) is 3.71. The maximum Gasteiger partial charge on any atom is 0.324 e. The summed E-state index contributed by atoms with van der Waals surface area (Å²) >= 11 is 0. The Morgan fingerprint density at radius 3 is 2.30 bits per heavy atom. The molecule has 15 heteroatoms. The molecule has 4 atom stereocenters. The van der Waals surface area contributed by atoms with Crippen LogP contribution in [0.4, 0.5) is 0 Å². The highest BCUT2D eigenvalue weighted by molar-refractivity contribution is 7.87. The fourth-order valence-electron chi connectivity index (χ4n) is 2.41. The number of nitrogens with two attached hydrogens (primary N) is 2. The molecule has 0 aliphatic heterocycles. The van der Waals surface area contributed by atoms with Crippen LogP contribution < -0.4 is 20.9 Å².